The predicted molar refractivity (Wildman–Crippen MR) is 58.1 cm³/mol. The van der Waals surface area contributed by atoms with Crippen LogP contribution >= 0.6 is 11.6 Å². The van der Waals surface area contributed by atoms with Crippen molar-refractivity contribution in [1.29, 1.82) is 0 Å². The molecule has 2 rings (SSSR count). The van der Waals surface area contributed by atoms with E-state index in [-0.39, 0.29) is 22.2 Å². The van der Waals surface area contributed by atoms with Crippen LogP contribution in [0.3, 0.4) is 0 Å². The van der Waals surface area contributed by atoms with E-state index >= 15 is 0 Å². The zero-order valence-electron chi connectivity index (χ0n) is 8.28. The van der Waals surface area contributed by atoms with Gasteiger partial charge >= 0.3 is 0 Å². The fraction of sp³-hybridized carbons (Fsp3) is 0. The van der Waals surface area contributed by atoms with Gasteiger partial charge in [-0.2, -0.15) is 0 Å². The molecular weight excluding hydrogens is 251 g/mol. The number of nitrogens with one attached hydrogen (secondary N) is 1. The van der Waals surface area contributed by atoms with Gasteiger partial charge in [0.15, 0.2) is 0 Å². The lowest BCUT2D eigenvalue weighted by molar-refractivity contribution is 0.101. The number of anilines is 2. The molecule has 1 amide bonds. The van der Waals surface area contributed by atoms with Crippen molar-refractivity contribution in [1.82, 2.24) is 10.3 Å². The second kappa shape index (κ2) is 4.38. The van der Waals surface area contributed by atoms with Gasteiger partial charge in [-0.1, -0.05) is 11.6 Å². The number of halogens is 2. The van der Waals surface area contributed by atoms with Crippen molar-refractivity contribution in [3.8, 4) is 0 Å². The number of nitrogens with zero attached hydrogens (tertiary/aromatic N) is 2. The summed E-state index contributed by atoms with van der Waals surface area (Å²) in [7, 11) is 0. The quantitative estimate of drug-likeness (QED) is 0.853. The fourth-order valence-electron chi connectivity index (χ4n) is 1.13. The molecule has 1 aromatic heterocycles. The molecule has 0 atom stereocenters. The summed E-state index contributed by atoms with van der Waals surface area (Å²) in [6.45, 7) is 0. The highest BCUT2D eigenvalue weighted by Crippen LogP contribution is 2.19. The number of hydrogen-bond donors (Lipinski definition) is 2. The Kier molecular flexibility index (Phi) is 2.92. The topological polar surface area (TPSA) is 94.0 Å². The van der Waals surface area contributed by atoms with E-state index < -0.39 is 11.7 Å². The van der Waals surface area contributed by atoms with Crippen LogP contribution in [0.5, 0.6) is 0 Å². The van der Waals surface area contributed by atoms with Gasteiger partial charge in [0.1, 0.15) is 5.82 Å². The summed E-state index contributed by atoms with van der Waals surface area (Å²) in [5, 5.41) is 9.01. The van der Waals surface area contributed by atoms with Crippen LogP contribution in [0.1, 0.15) is 10.5 Å². The van der Waals surface area contributed by atoms with Crippen LogP contribution in [0.25, 0.3) is 0 Å². The number of carbonyl (C=O) groups excluding carboxylic acids is 1. The van der Waals surface area contributed by atoms with Gasteiger partial charge in [-0.15, -0.1) is 0 Å². The maximum atomic E-state index is 13.4. The molecule has 0 aliphatic carbocycles. The van der Waals surface area contributed by atoms with Gasteiger partial charge in [-0.3, -0.25) is 4.79 Å². The smallest absolute Gasteiger partial charge is 0.281 e. The fourth-order valence-corrected chi connectivity index (χ4v) is 1.28. The lowest BCUT2D eigenvalue weighted by Crippen LogP contribution is -2.15. The van der Waals surface area contributed by atoms with Crippen molar-refractivity contribution in [2.75, 3.05) is 11.1 Å². The summed E-state index contributed by atoms with van der Waals surface area (Å²) in [4.78, 5) is 11.6. The first-order valence-corrected chi connectivity index (χ1v) is 4.80. The first kappa shape index (κ1) is 11.3. The first-order chi connectivity index (χ1) is 8.08. The van der Waals surface area contributed by atoms with E-state index in [4.69, 9.17) is 17.3 Å². The number of nitrogens with two attached hydrogens (primary N) is 1. The van der Waals surface area contributed by atoms with Crippen molar-refractivity contribution in [2.45, 2.75) is 0 Å². The van der Waals surface area contributed by atoms with Crippen LogP contribution < -0.4 is 11.1 Å². The molecule has 0 fully saturated rings. The molecule has 0 aliphatic heterocycles. The molecular formula is C9H6ClFN4O2. The minimum Gasteiger partial charge on any atom is -0.379 e. The van der Waals surface area contributed by atoms with Gasteiger partial charge in [0.05, 0.1) is 5.69 Å². The molecule has 6 nitrogen and oxygen atoms in total. The number of aromatic nitrogens is 2. The standard InChI is InChI=1S/C9H6ClFN4O2/c10-4-1-2-6(5(11)3-4)13-9(16)7-8(12)15-17-14-7/h1-3H,(H2,12,15)(H,13,16). The van der Waals surface area contributed by atoms with E-state index in [1.165, 1.54) is 12.1 Å². The predicted octanol–water partition coefficient (Wildman–Crippen LogP) is 1.70. The van der Waals surface area contributed by atoms with E-state index in [0.717, 1.165) is 6.07 Å². The van der Waals surface area contributed by atoms with E-state index in [9.17, 15) is 9.18 Å². The van der Waals surface area contributed by atoms with Gasteiger partial charge in [0.2, 0.25) is 11.5 Å². The SMILES string of the molecule is Nc1nonc1C(=O)Nc1ccc(Cl)cc1F. The third kappa shape index (κ3) is 2.34. The van der Waals surface area contributed by atoms with Gasteiger partial charge in [-0.05, 0) is 28.5 Å². The van der Waals surface area contributed by atoms with Crippen molar-refractivity contribution in [3.63, 3.8) is 0 Å². The van der Waals surface area contributed by atoms with Gasteiger partial charge < -0.3 is 11.1 Å². The molecule has 3 N–H and O–H groups in total. The maximum Gasteiger partial charge on any atom is 0.281 e. The van der Waals surface area contributed by atoms with E-state index in [1.807, 2.05) is 0 Å². The van der Waals surface area contributed by atoms with Crippen molar-refractivity contribution < 1.29 is 13.8 Å². The Morgan fingerprint density at radius 2 is 2.24 bits per heavy atom. The third-order valence-electron chi connectivity index (χ3n) is 1.91. The number of nitrogen functional groups attached to an aromatic ring is 1. The Balaban J connectivity index is 2.22. The van der Waals surface area contributed by atoms with Gasteiger partial charge in [0, 0.05) is 5.02 Å². The van der Waals surface area contributed by atoms with Crippen LogP contribution in [0, 0.1) is 5.82 Å². The van der Waals surface area contributed by atoms with Crippen LogP contribution in [-0.4, -0.2) is 16.2 Å². The molecule has 1 aromatic carbocycles. The summed E-state index contributed by atoms with van der Waals surface area (Å²) in [5.41, 5.74) is 5.07. The average molecular weight is 257 g/mol. The lowest BCUT2D eigenvalue weighted by atomic mass is 10.3. The van der Waals surface area contributed by atoms with Gasteiger partial charge in [0.25, 0.3) is 5.91 Å². The summed E-state index contributed by atoms with van der Waals surface area (Å²) < 4.78 is 17.6. The zero-order chi connectivity index (χ0) is 12.4. The summed E-state index contributed by atoms with van der Waals surface area (Å²) >= 11 is 5.57. The summed E-state index contributed by atoms with van der Waals surface area (Å²) in [6, 6.07) is 3.82. The minimum atomic E-state index is -0.718. The number of carbonyl (C=O) groups is 1. The molecule has 8 heteroatoms. The molecule has 0 spiro atoms. The van der Waals surface area contributed by atoms with E-state index in [2.05, 4.69) is 20.3 Å². The highest BCUT2D eigenvalue weighted by atomic mass is 35.5. The number of amides is 1. The minimum absolute atomic E-state index is 0.0400. The molecule has 0 saturated carbocycles. The van der Waals surface area contributed by atoms with Crippen LogP contribution in [0.15, 0.2) is 22.8 Å². The highest BCUT2D eigenvalue weighted by Gasteiger charge is 2.17. The average Bonchev–Trinajstić information content (AvgIpc) is 2.68. The third-order valence-corrected chi connectivity index (χ3v) is 2.14. The van der Waals surface area contributed by atoms with Crippen molar-refractivity contribution in [3.05, 3.63) is 34.7 Å². The molecule has 88 valence electrons. The maximum absolute atomic E-state index is 13.4. The second-order valence-corrected chi connectivity index (χ2v) is 3.51. The summed E-state index contributed by atoms with van der Waals surface area (Å²) in [6.07, 6.45) is 0. The Labute approximate surface area is 99.5 Å². The Bertz CT molecular complexity index is 572. The Morgan fingerprint density at radius 3 is 2.82 bits per heavy atom. The van der Waals surface area contributed by atoms with Gasteiger partial charge in [-0.25, -0.2) is 9.02 Å². The number of rotatable bonds is 2. The molecule has 0 saturated heterocycles. The zero-order valence-corrected chi connectivity index (χ0v) is 9.03. The molecule has 0 unspecified atom stereocenters. The van der Waals surface area contributed by atoms with Crippen LogP contribution in [0.4, 0.5) is 15.9 Å². The Morgan fingerprint density at radius 1 is 1.47 bits per heavy atom. The second-order valence-electron chi connectivity index (χ2n) is 3.08. The first-order valence-electron chi connectivity index (χ1n) is 4.42. The van der Waals surface area contributed by atoms with Crippen molar-refractivity contribution in [2.24, 2.45) is 0 Å². The summed E-state index contributed by atoms with van der Waals surface area (Å²) in [5.74, 6) is -1.55. The Hall–Kier alpha value is -2.15. The molecule has 17 heavy (non-hydrogen) atoms. The number of hydrogen-bond acceptors (Lipinski definition) is 5. The largest absolute Gasteiger partial charge is 0.379 e. The molecule has 1 heterocycles. The van der Waals surface area contributed by atoms with Crippen LogP contribution in [-0.2, 0) is 0 Å². The molecule has 0 aliphatic rings. The monoisotopic (exact) mass is 256 g/mol. The molecule has 0 bridgehead atoms. The normalized spacial score (nSPS) is 10.2. The number of benzene rings is 1. The highest BCUT2D eigenvalue weighted by molar-refractivity contribution is 6.30. The van der Waals surface area contributed by atoms with Crippen molar-refractivity contribution >= 4 is 29.0 Å². The molecule has 0 radical (unpaired) electrons. The molecule has 2 aromatic rings. The van der Waals surface area contributed by atoms with E-state index in [0.29, 0.717) is 0 Å². The lowest BCUT2D eigenvalue weighted by Gasteiger charge is -2.04. The van der Waals surface area contributed by atoms with E-state index in [1.54, 1.807) is 0 Å². The van der Waals surface area contributed by atoms with Crippen LogP contribution in [0.2, 0.25) is 5.02 Å².